The van der Waals surface area contributed by atoms with E-state index in [9.17, 15) is 0 Å². The SMILES string of the molecule is Cc1cc(Cl)cc(NCc2ccccc2)c1. The number of rotatable bonds is 3. The molecule has 1 N–H and O–H groups in total. The highest BCUT2D eigenvalue weighted by Gasteiger charge is 1.96. The van der Waals surface area contributed by atoms with Crippen LogP contribution in [-0.2, 0) is 6.54 Å². The third-order valence-electron chi connectivity index (χ3n) is 2.38. The molecule has 16 heavy (non-hydrogen) atoms. The number of anilines is 1. The Morgan fingerprint density at radius 2 is 1.81 bits per heavy atom. The van der Waals surface area contributed by atoms with Crippen LogP contribution in [-0.4, -0.2) is 0 Å². The minimum Gasteiger partial charge on any atom is -0.381 e. The summed E-state index contributed by atoms with van der Waals surface area (Å²) in [6.45, 7) is 2.86. The van der Waals surface area contributed by atoms with Crippen LogP contribution in [0.3, 0.4) is 0 Å². The quantitative estimate of drug-likeness (QED) is 0.832. The number of nitrogens with one attached hydrogen (secondary N) is 1. The van der Waals surface area contributed by atoms with Gasteiger partial charge in [-0.3, -0.25) is 0 Å². The molecule has 0 bridgehead atoms. The Morgan fingerprint density at radius 3 is 2.50 bits per heavy atom. The van der Waals surface area contributed by atoms with Gasteiger partial charge in [-0.25, -0.2) is 0 Å². The van der Waals surface area contributed by atoms with Crippen LogP contribution < -0.4 is 5.32 Å². The summed E-state index contributed by atoms with van der Waals surface area (Å²) in [5.41, 5.74) is 3.50. The zero-order valence-corrected chi connectivity index (χ0v) is 9.96. The molecule has 2 rings (SSSR count). The fourth-order valence-electron chi connectivity index (χ4n) is 1.64. The summed E-state index contributed by atoms with van der Waals surface area (Å²) in [5.74, 6) is 0. The molecule has 0 spiro atoms. The summed E-state index contributed by atoms with van der Waals surface area (Å²) in [5, 5.41) is 4.13. The number of aryl methyl sites for hydroxylation is 1. The highest BCUT2D eigenvalue weighted by molar-refractivity contribution is 6.30. The molecule has 2 heteroatoms. The minimum absolute atomic E-state index is 0.774. The van der Waals surface area contributed by atoms with Crippen LogP contribution >= 0.6 is 11.6 Å². The zero-order valence-electron chi connectivity index (χ0n) is 9.20. The van der Waals surface area contributed by atoms with Crippen LogP contribution in [0.15, 0.2) is 48.5 Å². The van der Waals surface area contributed by atoms with Gasteiger partial charge in [0.1, 0.15) is 0 Å². The third kappa shape index (κ3) is 3.01. The maximum absolute atomic E-state index is 5.99. The predicted octanol–water partition coefficient (Wildman–Crippen LogP) is 4.26. The van der Waals surface area contributed by atoms with Crippen LogP contribution in [0.4, 0.5) is 5.69 Å². The predicted molar refractivity (Wildman–Crippen MR) is 70.0 cm³/mol. The largest absolute Gasteiger partial charge is 0.381 e. The maximum atomic E-state index is 5.99. The maximum Gasteiger partial charge on any atom is 0.0429 e. The molecular weight excluding hydrogens is 218 g/mol. The van der Waals surface area contributed by atoms with Gasteiger partial charge in [0.05, 0.1) is 0 Å². The number of halogens is 1. The molecule has 0 aliphatic heterocycles. The molecule has 2 aromatic rings. The Bertz CT molecular complexity index is 445. The van der Waals surface area contributed by atoms with E-state index in [1.165, 1.54) is 11.1 Å². The Labute approximate surface area is 101 Å². The van der Waals surface area contributed by atoms with Crippen molar-refractivity contribution in [1.29, 1.82) is 0 Å². The molecule has 0 saturated carbocycles. The molecule has 0 aliphatic rings. The average molecular weight is 232 g/mol. The number of benzene rings is 2. The van der Waals surface area contributed by atoms with Crippen molar-refractivity contribution in [1.82, 2.24) is 0 Å². The summed E-state index contributed by atoms with van der Waals surface area (Å²) in [4.78, 5) is 0. The molecule has 0 heterocycles. The second-order valence-electron chi connectivity index (χ2n) is 3.86. The molecule has 1 nitrogen and oxygen atoms in total. The van der Waals surface area contributed by atoms with Gasteiger partial charge in [0.25, 0.3) is 0 Å². The third-order valence-corrected chi connectivity index (χ3v) is 2.60. The molecule has 0 fully saturated rings. The molecule has 0 aromatic heterocycles. The van der Waals surface area contributed by atoms with Crippen LogP contribution in [0.2, 0.25) is 5.02 Å². The van der Waals surface area contributed by atoms with Crippen molar-refractivity contribution < 1.29 is 0 Å². The fraction of sp³-hybridized carbons (Fsp3) is 0.143. The zero-order chi connectivity index (χ0) is 11.4. The Morgan fingerprint density at radius 1 is 1.06 bits per heavy atom. The van der Waals surface area contributed by atoms with E-state index in [0.717, 1.165) is 17.3 Å². The van der Waals surface area contributed by atoms with E-state index in [4.69, 9.17) is 11.6 Å². The normalized spacial score (nSPS) is 10.1. The second-order valence-corrected chi connectivity index (χ2v) is 4.29. The van der Waals surface area contributed by atoms with Gasteiger partial charge in [-0.2, -0.15) is 0 Å². The van der Waals surface area contributed by atoms with Gasteiger partial charge in [-0.05, 0) is 36.2 Å². The molecule has 2 aromatic carbocycles. The molecule has 0 amide bonds. The van der Waals surface area contributed by atoms with Crippen LogP contribution in [0.5, 0.6) is 0 Å². The van der Waals surface area contributed by atoms with Gasteiger partial charge >= 0.3 is 0 Å². The van der Waals surface area contributed by atoms with E-state index in [-0.39, 0.29) is 0 Å². The van der Waals surface area contributed by atoms with Crippen LogP contribution in [0.25, 0.3) is 0 Å². The lowest BCUT2D eigenvalue weighted by molar-refractivity contribution is 1.15. The van der Waals surface area contributed by atoms with Gasteiger partial charge in [0.2, 0.25) is 0 Å². The van der Waals surface area contributed by atoms with E-state index < -0.39 is 0 Å². The first-order chi connectivity index (χ1) is 7.74. The highest BCUT2D eigenvalue weighted by Crippen LogP contribution is 2.19. The lowest BCUT2D eigenvalue weighted by atomic mass is 10.2. The van der Waals surface area contributed by atoms with E-state index in [1.54, 1.807) is 0 Å². The van der Waals surface area contributed by atoms with Gasteiger partial charge < -0.3 is 5.32 Å². The van der Waals surface area contributed by atoms with Crippen molar-refractivity contribution in [3.05, 3.63) is 64.7 Å². The molecule has 0 atom stereocenters. The monoisotopic (exact) mass is 231 g/mol. The highest BCUT2D eigenvalue weighted by atomic mass is 35.5. The fourth-order valence-corrected chi connectivity index (χ4v) is 1.93. The summed E-state index contributed by atoms with van der Waals surface area (Å²) in [6, 6.07) is 16.3. The van der Waals surface area contributed by atoms with E-state index >= 15 is 0 Å². The van der Waals surface area contributed by atoms with Crippen LogP contribution in [0, 0.1) is 6.92 Å². The summed E-state index contributed by atoms with van der Waals surface area (Å²) in [7, 11) is 0. The number of hydrogen-bond donors (Lipinski definition) is 1. The number of hydrogen-bond acceptors (Lipinski definition) is 1. The standard InChI is InChI=1S/C14H14ClN/c1-11-7-13(15)9-14(8-11)16-10-12-5-3-2-4-6-12/h2-9,16H,10H2,1H3. The van der Waals surface area contributed by atoms with Crippen molar-refractivity contribution in [2.45, 2.75) is 13.5 Å². The van der Waals surface area contributed by atoms with Crippen molar-refractivity contribution in [2.75, 3.05) is 5.32 Å². The molecule has 82 valence electrons. The van der Waals surface area contributed by atoms with Gasteiger partial charge in [-0.1, -0.05) is 41.9 Å². The molecule has 0 unspecified atom stereocenters. The summed E-state index contributed by atoms with van der Waals surface area (Å²) >= 11 is 5.99. The average Bonchev–Trinajstić information content (AvgIpc) is 2.27. The smallest absolute Gasteiger partial charge is 0.0429 e. The van der Waals surface area contributed by atoms with Crippen molar-refractivity contribution in [3.63, 3.8) is 0 Å². The van der Waals surface area contributed by atoms with Crippen molar-refractivity contribution >= 4 is 17.3 Å². The first-order valence-corrected chi connectivity index (χ1v) is 5.67. The van der Waals surface area contributed by atoms with Gasteiger partial charge in [0, 0.05) is 17.3 Å². The van der Waals surface area contributed by atoms with Crippen LogP contribution in [0.1, 0.15) is 11.1 Å². The Hall–Kier alpha value is -1.47. The minimum atomic E-state index is 0.774. The summed E-state index contributed by atoms with van der Waals surface area (Å²) in [6.07, 6.45) is 0. The van der Waals surface area contributed by atoms with E-state index in [1.807, 2.05) is 37.3 Å². The molecular formula is C14H14ClN. The lowest BCUT2D eigenvalue weighted by Gasteiger charge is -2.08. The Kier molecular flexibility index (Phi) is 3.47. The van der Waals surface area contributed by atoms with Crippen molar-refractivity contribution in [2.24, 2.45) is 0 Å². The second kappa shape index (κ2) is 5.04. The van der Waals surface area contributed by atoms with Gasteiger partial charge in [0.15, 0.2) is 0 Å². The van der Waals surface area contributed by atoms with Crippen molar-refractivity contribution in [3.8, 4) is 0 Å². The Balaban J connectivity index is 2.05. The van der Waals surface area contributed by atoms with E-state index in [2.05, 4.69) is 23.5 Å². The molecule has 0 aliphatic carbocycles. The first kappa shape index (κ1) is 11.0. The summed E-state index contributed by atoms with van der Waals surface area (Å²) < 4.78 is 0. The van der Waals surface area contributed by atoms with Gasteiger partial charge in [-0.15, -0.1) is 0 Å². The topological polar surface area (TPSA) is 12.0 Å². The lowest BCUT2D eigenvalue weighted by Crippen LogP contribution is -1.99. The molecule has 0 radical (unpaired) electrons. The van der Waals surface area contributed by atoms with E-state index in [0.29, 0.717) is 0 Å². The first-order valence-electron chi connectivity index (χ1n) is 5.29. The molecule has 0 saturated heterocycles.